The molecule has 2 aliphatic heterocycles. The van der Waals surface area contributed by atoms with Gasteiger partial charge in [0, 0.05) is 25.9 Å². The van der Waals surface area contributed by atoms with Crippen molar-refractivity contribution >= 4 is 35.9 Å². The van der Waals surface area contributed by atoms with E-state index in [1.807, 2.05) is 91.9 Å². The summed E-state index contributed by atoms with van der Waals surface area (Å²) in [6.45, 7) is 8.61. The molecule has 2 fully saturated rings. The number of carboxylic acids is 1. The zero-order valence-electron chi connectivity index (χ0n) is 35.2. The van der Waals surface area contributed by atoms with Gasteiger partial charge in [-0.15, -0.1) is 12.4 Å². The van der Waals surface area contributed by atoms with Crippen molar-refractivity contribution in [3.05, 3.63) is 131 Å². The number of Topliss-reactive ketones (excluding diaryl/α,β-unsaturated/α-hetero) is 2. The van der Waals surface area contributed by atoms with E-state index in [9.17, 15) is 19.2 Å². The zero-order chi connectivity index (χ0) is 42.0. The fourth-order valence-electron chi connectivity index (χ4n) is 7.97. The molecule has 0 unspecified atom stereocenters. The van der Waals surface area contributed by atoms with Crippen molar-refractivity contribution in [1.29, 1.82) is 0 Å². The molecule has 60 heavy (non-hydrogen) atoms. The summed E-state index contributed by atoms with van der Waals surface area (Å²) in [5.41, 5.74) is 2.85. The molecule has 4 atom stereocenters. The van der Waals surface area contributed by atoms with E-state index in [1.165, 1.54) is 7.11 Å². The summed E-state index contributed by atoms with van der Waals surface area (Å²) in [6, 6.07) is 33.6. The molecule has 0 saturated carbocycles. The highest BCUT2D eigenvalue weighted by Gasteiger charge is 2.31. The van der Waals surface area contributed by atoms with Crippen molar-refractivity contribution in [2.75, 3.05) is 46.5 Å². The van der Waals surface area contributed by atoms with Crippen LogP contribution in [0.3, 0.4) is 0 Å². The number of aromatic carboxylic acids is 1. The number of ether oxygens (including phenoxy) is 3. The topological polar surface area (TPSA) is 123 Å². The maximum atomic E-state index is 13.1. The van der Waals surface area contributed by atoms with Crippen LogP contribution in [-0.4, -0.2) is 97.0 Å². The lowest BCUT2D eigenvalue weighted by Gasteiger charge is -2.35. The number of para-hydroxylation sites is 2. The van der Waals surface area contributed by atoms with Gasteiger partial charge >= 0.3 is 11.9 Å². The fourth-order valence-corrected chi connectivity index (χ4v) is 7.97. The third kappa shape index (κ3) is 14.6. The Morgan fingerprint density at radius 3 is 1.38 bits per heavy atom. The molecule has 0 aliphatic carbocycles. The number of hydrogen-bond acceptors (Lipinski definition) is 9. The van der Waals surface area contributed by atoms with Crippen LogP contribution in [0.5, 0.6) is 11.5 Å². The van der Waals surface area contributed by atoms with E-state index in [4.69, 9.17) is 19.3 Å². The molecule has 11 heteroatoms. The van der Waals surface area contributed by atoms with E-state index >= 15 is 0 Å². The molecule has 2 saturated heterocycles. The second kappa shape index (κ2) is 24.9. The molecule has 10 nitrogen and oxygen atoms in total. The maximum absolute atomic E-state index is 13.1. The van der Waals surface area contributed by atoms with Crippen LogP contribution in [0.4, 0.5) is 0 Å². The Kier molecular flexibility index (Phi) is 19.8. The molecule has 6 rings (SSSR count). The predicted molar refractivity (Wildman–Crippen MR) is 237 cm³/mol. The quantitative estimate of drug-likeness (QED) is 0.0971. The minimum atomic E-state index is -0.934. The standard InChI is InChI=1S/C25H31NO4.C24H29NO4.ClH/c1-19(20-11-13-21(14-12-20)25(28)29-2)18-24(27)23-10-6-7-15-26(23)16-17-30-22-8-4-3-5-9-22;1-18(19-10-12-20(13-11-19)24(27)28)17-23(26)22-9-5-6-14-25(22)15-16-29-21-7-3-2-4-8-21;/h3-5,8-9,11-14,19,23H,6-7,10,15-18H2,1-2H3;2-4,7-8,10-13,18,22H,5-6,9,14-17H2,1H3,(H,27,28);1H/t19-,23-;18-,22-;/m11./s1. The van der Waals surface area contributed by atoms with Crippen molar-refractivity contribution in [3.8, 4) is 11.5 Å². The van der Waals surface area contributed by atoms with Gasteiger partial charge in [-0.3, -0.25) is 19.4 Å². The summed E-state index contributed by atoms with van der Waals surface area (Å²) in [5.74, 6) is 1.16. The van der Waals surface area contributed by atoms with E-state index < -0.39 is 5.97 Å². The summed E-state index contributed by atoms with van der Waals surface area (Å²) in [6.07, 6.45) is 7.18. The van der Waals surface area contributed by atoms with Crippen LogP contribution in [0.2, 0.25) is 0 Å². The summed E-state index contributed by atoms with van der Waals surface area (Å²) in [5, 5.41) is 9.03. The van der Waals surface area contributed by atoms with Crippen molar-refractivity contribution in [2.45, 2.75) is 89.1 Å². The van der Waals surface area contributed by atoms with E-state index in [2.05, 4.69) is 16.7 Å². The van der Waals surface area contributed by atoms with Gasteiger partial charge < -0.3 is 19.3 Å². The Morgan fingerprint density at radius 1 is 0.600 bits per heavy atom. The molecule has 2 heterocycles. The smallest absolute Gasteiger partial charge is 0.337 e. The SMILES string of the molecule is COC(=O)c1ccc([C@H](C)CC(=O)[C@H]2CCCCN2CCOc2ccccc2)cc1.C[C@H](CC(=O)[C@H]1CCCCN1CCOc1ccccc1)c1ccc(C(=O)O)cc1.Cl. The lowest BCUT2D eigenvalue weighted by atomic mass is 9.89. The molecule has 322 valence electrons. The molecule has 0 bridgehead atoms. The van der Waals surface area contributed by atoms with Crippen molar-refractivity contribution in [3.63, 3.8) is 0 Å². The molecule has 0 amide bonds. The van der Waals surface area contributed by atoms with Crippen molar-refractivity contribution in [1.82, 2.24) is 9.80 Å². The number of piperidine rings is 2. The molecular weight excluding hydrogens is 780 g/mol. The van der Waals surface area contributed by atoms with Gasteiger partial charge in [-0.05, 0) is 110 Å². The van der Waals surface area contributed by atoms with Gasteiger partial charge in [-0.25, -0.2) is 9.59 Å². The first-order valence-electron chi connectivity index (χ1n) is 21.0. The molecule has 1 N–H and O–H groups in total. The average molecular weight is 841 g/mol. The summed E-state index contributed by atoms with van der Waals surface area (Å²) in [4.78, 5) is 53.3. The minimum absolute atomic E-state index is 0. The summed E-state index contributed by atoms with van der Waals surface area (Å²) < 4.78 is 16.4. The number of halogens is 1. The van der Waals surface area contributed by atoms with Crippen LogP contribution in [0.25, 0.3) is 0 Å². The Hall–Kier alpha value is -5.03. The van der Waals surface area contributed by atoms with Crippen molar-refractivity contribution < 1.29 is 38.5 Å². The number of nitrogens with zero attached hydrogens (tertiary/aromatic N) is 2. The molecular formula is C49H61ClN2O8. The lowest BCUT2D eigenvalue weighted by molar-refractivity contribution is -0.126. The Morgan fingerprint density at radius 2 is 1.00 bits per heavy atom. The first-order chi connectivity index (χ1) is 28.6. The van der Waals surface area contributed by atoms with Crippen LogP contribution in [0.1, 0.15) is 109 Å². The van der Waals surface area contributed by atoms with E-state index in [-0.39, 0.29) is 53.6 Å². The zero-order valence-corrected chi connectivity index (χ0v) is 36.0. The van der Waals surface area contributed by atoms with Crippen molar-refractivity contribution in [2.24, 2.45) is 0 Å². The molecule has 4 aromatic carbocycles. The largest absolute Gasteiger partial charge is 0.492 e. The van der Waals surface area contributed by atoms with E-state index in [1.54, 1.807) is 24.3 Å². The van der Waals surface area contributed by atoms with Gasteiger partial charge in [0.15, 0.2) is 11.6 Å². The predicted octanol–water partition coefficient (Wildman–Crippen LogP) is 9.27. The second-order valence-electron chi connectivity index (χ2n) is 15.6. The summed E-state index contributed by atoms with van der Waals surface area (Å²) >= 11 is 0. The molecule has 0 spiro atoms. The van der Waals surface area contributed by atoms with Gasteiger partial charge in [0.05, 0.1) is 30.3 Å². The van der Waals surface area contributed by atoms with Gasteiger partial charge in [0.25, 0.3) is 0 Å². The summed E-state index contributed by atoms with van der Waals surface area (Å²) in [7, 11) is 1.37. The highest BCUT2D eigenvalue weighted by molar-refractivity contribution is 5.89. The van der Waals surface area contributed by atoms with Crippen LogP contribution < -0.4 is 9.47 Å². The lowest BCUT2D eigenvalue weighted by Crippen LogP contribution is -2.46. The molecule has 0 aromatic heterocycles. The first kappa shape index (κ1) is 47.6. The van der Waals surface area contributed by atoms with Crippen LogP contribution >= 0.6 is 12.4 Å². The van der Waals surface area contributed by atoms with Crippen LogP contribution in [0.15, 0.2) is 109 Å². The fraction of sp³-hybridized carbons (Fsp3) is 0.429. The average Bonchev–Trinajstić information content (AvgIpc) is 3.27. The minimum Gasteiger partial charge on any atom is -0.492 e. The number of ketones is 2. The first-order valence-corrected chi connectivity index (χ1v) is 21.0. The second-order valence-corrected chi connectivity index (χ2v) is 15.6. The number of benzene rings is 4. The number of carbonyl (C=O) groups excluding carboxylic acids is 3. The van der Waals surface area contributed by atoms with E-state index in [0.717, 1.165) is 87.3 Å². The molecule has 0 radical (unpaired) electrons. The Labute approximate surface area is 361 Å². The number of methoxy groups -OCH3 is 1. The number of hydrogen-bond donors (Lipinski definition) is 1. The third-order valence-electron chi connectivity index (χ3n) is 11.4. The number of carbonyl (C=O) groups is 4. The number of rotatable bonds is 18. The third-order valence-corrected chi connectivity index (χ3v) is 11.4. The number of esters is 1. The van der Waals surface area contributed by atoms with Crippen LogP contribution in [-0.2, 0) is 14.3 Å². The van der Waals surface area contributed by atoms with Gasteiger partial charge in [0.2, 0.25) is 0 Å². The number of carboxylic acid groups (broad SMARTS) is 1. The highest BCUT2D eigenvalue weighted by atomic mass is 35.5. The number of likely N-dealkylation sites (tertiary alicyclic amines) is 2. The Bertz CT molecular complexity index is 1910. The normalized spacial score (nSPS) is 17.7. The maximum Gasteiger partial charge on any atom is 0.337 e. The highest BCUT2D eigenvalue weighted by Crippen LogP contribution is 2.27. The monoisotopic (exact) mass is 840 g/mol. The van der Waals surface area contributed by atoms with Crippen LogP contribution in [0, 0.1) is 0 Å². The van der Waals surface area contributed by atoms with Gasteiger partial charge in [-0.2, -0.15) is 0 Å². The van der Waals surface area contributed by atoms with Gasteiger partial charge in [0.1, 0.15) is 24.7 Å². The molecule has 2 aliphatic rings. The van der Waals surface area contributed by atoms with E-state index in [0.29, 0.717) is 37.4 Å². The molecule has 4 aromatic rings. The van der Waals surface area contributed by atoms with Gasteiger partial charge in [-0.1, -0.05) is 87.4 Å². The Balaban J connectivity index is 0.000000260.